The zero-order chi connectivity index (χ0) is 23.4. The summed E-state index contributed by atoms with van der Waals surface area (Å²) in [6.45, 7) is 0. The van der Waals surface area contributed by atoms with Gasteiger partial charge < -0.3 is 14.4 Å². The van der Waals surface area contributed by atoms with E-state index < -0.39 is 0 Å². The number of amides is 1. The molecule has 3 aromatic rings. The zero-order valence-electron chi connectivity index (χ0n) is 19.2. The maximum absolute atomic E-state index is 13.5. The smallest absolute Gasteiger partial charge is 0.266 e. The van der Waals surface area contributed by atoms with Crippen molar-refractivity contribution >= 4 is 28.6 Å². The predicted octanol–water partition coefficient (Wildman–Crippen LogP) is 4.29. The van der Waals surface area contributed by atoms with Crippen molar-refractivity contribution in [1.82, 2.24) is 14.5 Å². The SMILES string of the molecule is COc1ccc(-n2c(SCC(=O)N(C)C3CCCCC3)nc3ccccc3c2=O)cc1OC. The molecular formula is C25H29N3O4S. The van der Waals surface area contributed by atoms with Gasteiger partial charge in [-0.25, -0.2) is 4.98 Å². The standard InChI is InChI=1S/C25H29N3O4S/c1-27(17-9-5-4-6-10-17)23(29)16-33-25-26-20-12-8-7-11-19(20)24(30)28(25)18-13-14-21(31-2)22(15-18)32-3/h7-8,11-15,17H,4-6,9-10,16H2,1-3H3. The molecule has 1 saturated carbocycles. The number of nitrogens with zero attached hydrogens (tertiary/aromatic N) is 3. The highest BCUT2D eigenvalue weighted by molar-refractivity contribution is 7.99. The number of benzene rings is 2. The van der Waals surface area contributed by atoms with E-state index in [1.54, 1.807) is 43.1 Å². The van der Waals surface area contributed by atoms with Crippen LogP contribution < -0.4 is 15.0 Å². The topological polar surface area (TPSA) is 73.7 Å². The molecule has 0 spiro atoms. The number of rotatable bonds is 7. The fourth-order valence-corrected chi connectivity index (χ4v) is 5.24. The lowest BCUT2D eigenvalue weighted by Gasteiger charge is -2.31. The second-order valence-corrected chi connectivity index (χ2v) is 9.12. The molecule has 1 heterocycles. The third kappa shape index (κ3) is 4.85. The number of hydrogen-bond donors (Lipinski definition) is 0. The maximum atomic E-state index is 13.5. The van der Waals surface area contributed by atoms with Gasteiger partial charge in [-0.05, 0) is 37.1 Å². The van der Waals surface area contributed by atoms with Gasteiger partial charge in [0, 0.05) is 19.2 Å². The Morgan fingerprint density at radius 2 is 1.82 bits per heavy atom. The third-order valence-corrected chi connectivity index (χ3v) is 7.13. The molecule has 174 valence electrons. The first-order chi connectivity index (χ1) is 16.0. The molecule has 1 aliphatic rings. The van der Waals surface area contributed by atoms with Gasteiger partial charge in [-0.1, -0.05) is 43.2 Å². The Balaban J connectivity index is 1.70. The molecule has 33 heavy (non-hydrogen) atoms. The Hall–Kier alpha value is -3.00. The van der Waals surface area contributed by atoms with E-state index in [1.807, 2.05) is 30.1 Å². The number of ether oxygens (including phenoxy) is 2. The normalized spacial score (nSPS) is 14.3. The molecule has 0 bridgehead atoms. The van der Waals surface area contributed by atoms with Crippen molar-refractivity contribution in [2.45, 2.75) is 43.3 Å². The van der Waals surface area contributed by atoms with Crippen LogP contribution in [0.1, 0.15) is 32.1 Å². The molecule has 7 nitrogen and oxygen atoms in total. The molecule has 4 rings (SSSR count). The molecule has 1 aromatic heterocycles. The van der Waals surface area contributed by atoms with Crippen LogP contribution in [0.4, 0.5) is 0 Å². The van der Waals surface area contributed by atoms with Crippen LogP contribution in [-0.4, -0.2) is 53.4 Å². The first-order valence-corrected chi connectivity index (χ1v) is 12.1. The van der Waals surface area contributed by atoms with Crippen LogP contribution in [-0.2, 0) is 4.79 Å². The van der Waals surface area contributed by atoms with Crippen molar-refractivity contribution in [3.05, 3.63) is 52.8 Å². The highest BCUT2D eigenvalue weighted by Gasteiger charge is 2.23. The minimum absolute atomic E-state index is 0.0492. The average molecular weight is 468 g/mol. The number of hydrogen-bond acceptors (Lipinski definition) is 6. The van der Waals surface area contributed by atoms with Crippen molar-refractivity contribution in [3.63, 3.8) is 0 Å². The van der Waals surface area contributed by atoms with Gasteiger partial charge in [0.15, 0.2) is 16.7 Å². The van der Waals surface area contributed by atoms with Gasteiger partial charge in [0.25, 0.3) is 5.56 Å². The van der Waals surface area contributed by atoms with E-state index in [0.717, 1.165) is 12.8 Å². The van der Waals surface area contributed by atoms with E-state index in [0.29, 0.717) is 39.3 Å². The molecular weight excluding hydrogens is 438 g/mol. The molecule has 1 fully saturated rings. The van der Waals surface area contributed by atoms with Crippen molar-refractivity contribution in [3.8, 4) is 17.2 Å². The zero-order valence-corrected chi connectivity index (χ0v) is 20.1. The Morgan fingerprint density at radius 3 is 2.55 bits per heavy atom. The van der Waals surface area contributed by atoms with Gasteiger partial charge >= 0.3 is 0 Å². The van der Waals surface area contributed by atoms with Gasteiger partial charge in [-0.15, -0.1) is 0 Å². The number of thioether (sulfide) groups is 1. The van der Waals surface area contributed by atoms with Crippen LogP contribution in [0, 0.1) is 0 Å². The summed E-state index contributed by atoms with van der Waals surface area (Å²) in [7, 11) is 5.00. The Morgan fingerprint density at radius 1 is 1.09 bits per heavy atom. The van der Waals surface area contributed by atoms with E-state index in [1.165, 1.54) is 31.0 Å². The molecule has 0 radical (unpaired) electrons. The summed E-state index contributed by atoms with van der Waals surface area (Å²) in [5.41, 5.74) is 1.02. The average Bonchev–Trinajstić information content (AvgIpc) is 2.87. The molecule has 2 aromatic carbocycles. The quantitative estimate of drug-likeness (QED) is 0.381. The van der Waals surface area contributed by atoms with Gasteiger partial charge in [0.1, 0.15) is 0 Å². The Kier molecular flexibility index (Phi) is 7.23. The maximum Gasteiger partial charge on any atom is 0.266 e. The summed E-state index contributed by atoms with van der Waals surface area (Å²) in [5.74, 6) is 1.35. The van der Waals surface area contributed by atoms with Crippen molar-refractivity contribution < 1.29 is 14.3 Å². The highest BCUT2D eigenvalue weighted by atomic mass is 32.2. The molecule has 8 heteroatoms. The molecule has 0 saturated heterocycles. The summed E-state index contributed by atoms with van der Waals surface area (Å²) in [6, 6.07) is 12.8. The number of para-hydroxylation sites is 1. The van der Waals surface area contributed by atoms with Gasteiger partial charge in [0.2, 0.25) is 5.91 Å². The molecule has 1 amide bonds. The minimum Gasteiger partial charge on any atom is -0.493 e. The van der Waals surface area contributed by atoms with Crippen LogP contribution in [0.3, 0.4) is 0 Å². The van der Waals surface area contributed by atoms with Crippen molar-refractivity contribution in [1.29, 1.82) is 0 Å². The highest BCUT2D eigenvalue weighted by Crippen LogP contribution is 2.31. The molecule has 0 atom stereocenters. The fourth-order valence-electron chi connectivity index (χ4n) is 4.30. The number of fused-ring (bicyclic) bond motifs is 1. The lowest BCUT2D eigenvalue weighted by Crippen LogP contribution is -2.39. The molecule has 0 N–H and O–H groups in total. The van der Waals surface area contributed by atoms with E-state index in [-0.39, 0.29) is 17.2 Å². The molecule has 0 aliphatic heterocycles. The summed E-state index contributed by atoms with van der Waals surface area (Å²) in [5, 5.41) is 0.985. The van der Waals surface area contributed by atoms with Gasteiger partial charge in [0.05, 0.1) is 36.6 Å². The summed E-state index contributed by atoms with van der Waals surface area (Å²) in [6.07, 6.45) is 5.68. The monoisotopic (exact) mass is 467 g/mol. The van der Waals surface area contributed by atoms with E-state index >= 15 is 0 Å². The minimum atomic E-state index is -0.191. The lowest BCUT2D eigenvalue weighted by molar-refractivity contribution is -0.129. The molecule has 0 unspecified atom stereocenters. The Bertz CT molecular complexity index is 1200. The second-order valence-electron chi connectivity index (χ2n) is 8.18. The first kappa shape index (κ1) is 23.2. The summed E-state index contributed by atoms with van der Waals surface area (Å²) >= 11 is 1.28. The van der Waals surface area contributed by atoms with Crippen molar-refractivity contribution in [2.24, 2.45) is 0 Å². The lowest BCUT2D eigenvalue weighted by atomic mass is 9.94. The van der Waals surface area contributed by atoms with Crippen LogP contribution in [0.15, 0.2) is 52.4 Å². The second kappa shape index (κ2) is 10.3. The third-order valence-electron chi connectivity index (χ3n) is 6.21. The number of carbonyl (C=O) groups excluding carboxylic acids is 1. The largest absolute Gasteiger partial charge is 0.493 e. The van der Waals surface area contributed by atoms with Crippen LogP contribution in [0.2, 0.25) is 0 Å². The predicted molar refractivity (Wildman–Crippen MR) is 131 cm³/mol. The van der Waals surface area contributed by atoms with Gasteiger partial charge in [-0.2, -0.15) is 0 Å². The summed E-state index contributed by atoms with van der Waals surface area (Å²) in [4.78, 5) is 33.0. The van der Waals surface area contributed by atoms with Gasteiger partial charge in [-0.3, -0.25) is 14.2 Å². The number of carbonyl (C=O) groups is 1. The van der Waals surface area contributed by atoms with Crippen LogP contribution in [0.25, 0.3) is 16.6 Å². The van der Waals surface area contributed by atoms with Crippen molar-refractivity contribution in [2.75, 3.05) is 27.0 Å². The fraction of sp³-hybridized carbons (Fsp3) is 0.400. The van der Waals surface area contributed by atoms with E-state index in [9.17, 15) is 9.59 Å². The van der Waals surface area contributed by atoms with E-state index in [2.05, 4.69) is 0 Å². The van der Waals surface area contributed by atoms with E-state index in [4.69, 9.17) is 14.5 Å². The first-order valence-electron chi connectivity index (χ1n) is 11.2. The van der Waals surface area contributed by atoms with Crippen LogP contribution >= 0.6 is 11.8 Å². The van der Waals surface area contributed by atoms with Crippen LogP contribution in [0.5, 0.6) is 11.5 Å². The number of methoxy groups -OCH3 is 2. The Labute approximate surface area is 197 Å². The number of aromatic nitrogens is 2. The summed E-state index contributed by atoms with van der Waals surface area (Å²) < 4.78 is 12.3. The molecule has 1 aliphatic carbocycles.